The third-order valence-corrected chi connectivity index (χ3v) is 1.70. The molecule has 4 nitrogen and oxygen atoms in total. The van der Waals surface area contributed by atoms with Crippen molar-refractivity contribution in [2.75, 3.05) is 11.9 Å². The summed E-state index contributed by atoms with van der Waals surface area (Å²) in [6.45, 7) is 2.40. The molecule has 0 heterocycles. The Labute approximate surface area is 88.5 Å². The molecular formula is C11H12N2O2. The van der Waals surface area contributed by atoms with Crippen molar-refractivity contribution in [3.05, 3.63) is 24.3 Å². The number of amides is 1. The van der Waals surface area contributed by atoms with Crippen molar-refractivity contribution in [2.24, 2.45) is 0 Å². The first-order chi connectivity index (χ1) is 7.27. The number of benzene rings is 1. The van der Waals surface area contributed by atoms with Gasteiger partial charge in [-0.15, -0.1) is 0 Å². The Morgan fingerprint density at radius 1 is 1.53 bits per heavy atom. The Hall–Kier alpha value is -2.02. The van der Waals surface area contributed by atoms with Gasteiger partial charge in [-0.2, -0.15) is 5.26 Å². The summed E-state index contributed by atoms with van der Waals surface area (Å²) in [7, 11) is 0. The maximum Gasteiger partial charge on any atom is 0.238 e. The first-order valence-electron chi connectivity index (χ1n) is 4.66. The van der Waals surface area contributed by atoms with E-state index < -0.39 is 0 Å². The van der Waals surface area contributed by atoms with Crippen molar-refractivity contribution in [2.45, 2.75) is 13.3 Å². The molecule has 1 amide bonds. The van der Waals surface area contributed by atoms with Gasteiger partial charge in [-0.3, -0.25) is 4.79 Å². The molecule has 0 fully saturated rings. The van der Waals surface area contributed by atoms with E-state index in [-0.39, 0.29) is 12.3 Å². The van der Waals surface area contributed by atoms with Gasteiger partial charge in [0.2, 0.25) is 5.91 Å². The predicted molar refractivity (Wildman–Crippen MR) is 56.5 cm³/mol. The molecule has 0 radical (unpaired) electrons. The lowest BCUT2D eigenvalue weighted by molar-refractivity contribution is -0.115. The summed E-state index contributed by atoms with van der Waals surface area (Å²) in [5.74, 6) is 0.288. The Morgan fingerprint density at radius 3 is 2.93 bits per heavy atom. The van der Waals surface area contributed by atoms with Crippen LogP contribution in [0, 0.1) is 11.3 Å². The van der Waals surface area contributed by atoms with Crippen LogP contribution >= 0.6 is 0 Å². The van der Waals surface area contributed by atoms with E-state index in [1.807, 2.05) is 13.0 Å². The molecule has 0 saturated heterocycles. The van der Waals surface area contributed by atoms with E-state index in [0.717, 1.165) is 0 Å². The van der Waals surface area contributed by atoms with Gasteiger partial charge >= 0.3 is 0 Å². The molecule has 0 aliphatic carbocycles. The maximum absolute atomic E-state index is 11.2. The quantitative estimate of drug-likeness (QED) is 0.815. The molecule has 0 saturated carbocycles. The number of nitrogens with zero attached hydrogens (tertiary/aromatic N) is 1. The van der Waals surface area contributed by atoms with Crippen molar-refractivity contribution >= 4 is 11.6 Å². The van der Waals surface area contributed by atoms with Gasteiger partial charge in [-0.25, -0.2) is 0 Å². The summed E-state index contributed by atoms with van der Waals surface area (Å²) in [6, 6.07) is 8.91. The van der Waals surface area contributed by atoms with Crippen LogP contribution in [0.15, 0.2) is 24.3 Å². The average Bonchev–Trinajstić information content (AvgIpc) is 2.21. The fourth-order valence-corrected chi connectivity index (χ4v) is 1.12. The molecule has 0 aliphatic rings. The zero-order chi connectivity index (χ0) is 11.1. The molecule has 0 spiro atoms. The zero-order valence-corrected chi connectivity index (χ0v) is 8.49. The van der Waals surface area contributed by atoms with Gasteiger partial charge in [0, 0.05) is 0 Å². The van der Waals surface area contributed by atoms with Crippen molar-refractivity contribution < 1.29 is 9.53 Å². The van der Waals surface area contributed by atoms with E-state index in [2.05, 4.69) is 5.32 Å². The van der Waals surface area contributed by atoms with Gasteiger partial charge in [0.1, 0.15) is 12.2 Å². The molecule has 15 heavy (non-hydrogen) atoms. The van der Waals surface area contributed by atoms with E-state index in [1.165, 1.54) is 0 Å². The minimum Gasteiger partial charge on any atom is -0.492 e. The molecule has 78 valence electrons. The molecule has 1 rings (SSSR count). The van der Waals surface area contributed by atoms with E-state index in [4.69, 9.17) is 10.00 Å². The molecular weight excluding hydrogens is 192 g/mol. The molecule has 4 heteroatoms. The van der Waals surface area contributed by atoms with E-state index in [0.29, 0.717) is 18.0 Å². The van der Waals surface area contributed by atoms with Gasteiger partial charge in [-0.05, 0) is 19.1 Å². The van der Waals surface area contributed by atoms with Crippen LogP contribution in [0.5, 0.6) is 5.75 Å². The molecule has 1 aromatic rings. The third kappa shape index (κ3) is 3.31. The number of nitriles is 1. The molecule has 1 N–H and O–H groups in total. The number of para-hydroxylation sites is 2. The van der Waals surface area contributed by atoms with E-state index in [9.17, 15) is 4.79 Å². The standard InChI is InChI=1S/C11H12N2O2/c1-2-15-10-6-4-3-5-9(10)13-11(14)7-8-12/h3-6H,2,7H2,1H3,(H,13,14). The normalized spacial score (nSPS) is 9.07. The zero-order valence-electron chi connectivity index (χ0n) is 8.49. The lowest BCUT2D eigenvalue weighted by Crippen LogP contribution is -2.11. The van der Waals surface area contributed by atoms with Gasteiger partial charge < -0.3 is 10.1 Å². The van der Waals surface area contributed by atoms with Gasteiger partial charge in [0.05, 0.1) is 18.4 Å². The second-order valence-corrected chi connectivity index (χ2v) is 2.81. The van der Waals surface area contributed by atoms with Gasteiger partial charge in [0.15, 0.2) is 0 Å². The number of carbonyl (C=O) groups is 1. The highest BCUT2D eigenvalue weighted by Crippen LogP contribution is 2.23. The number of rotatable bonds is 4. The highest BCUT2D eigenvalue weighted by molar-refractivity contribution is 5.93. The molecule has 0 unspecified atom stereocenters. The summed E-state index contributed by atoms with van der Waals surface area (Å²) in [5.41, 5.74) is 0.597. The minimum absolute atomic E-state index is 0.152. The molecule has 0 aromatic heterocycles. The second-order valence-electron chi connectivity index (χ2n) is 2.81. The van der Waals surface area contributed by atoms with Crippen LogP contribution in [0.2, 0.25) is 0 Å². The molecule has 1 aromatic carbocycles. The van der Waals surface area contributed by atoms with Gasteiger partial charge in [-0.1, -0.05) is 12.1 Å². The van der Waals surface area contributed by atoms with Crippen molar-refractivity contribution in [3.63, 3.8) is 0 Å². The molecule has 0 aliphatic heterocycles. The summed E-state index contributed by atoms with van der Waals surface area (Å²) in [4.78, 5) is 11.2. The summed E-state index contributed by atoms with van der Waals surface area (Å²) >= 11 is 0. The number of carbonyl (C=O) groups excluding carboxylic acids is 1. The van der Waals surface area contributed by atoms with Crippen LogP contribution in [0.1, 0.15) is 13.3 Å². The van der Waals surface area contributed by atoms with Crippen LogP contribution in [0.3, 0.4) is 0 Å². The Balaban J connectivity index is 2.75. The van der Waals surface area contributed by atoms with Crippen molar-refractivity contribution in [1.82, 2.24) is 0 Å². The number of hydrogen-bond donors (Lipinski definition) is 1. The summed E-state index contributed by atoms with van der Waals surface area (Å²) in [6.07, 6.45) is -0.152. The first kappa shape index (κ1) is 11.1. The highest BCUT2D eigenvalue weighted by atomic mass is 16.5. The maximum atomic E-state index is 11.2. The van der Waals surface area contributed by atoms with E-state index >= 15 is 0 Å². The van der Waals surface area contributed by atoms with Crippen LogP contribution in [0.4, 0.5) is 5.69 Å². The van der Waals surface area contributed by atoms with Crippen LogP contribution in [-0.4, -0.2) is 12.5 Å². The third-order valence-electron chi connectivity index (χ3n) is 1.70. The Morgan fingerprint density at radius 2 is 2.27 bits per heavy atom. The number of ether oxygens (including phenoxy) is 1. The lowest BCUT2D eigenvalue weighted by Gasteiger charge is -2.09. The average molecular weight is 204 g/mol. The molecule has 0 atom stereocenters. The number of hydrogen-bond acceptors (Lipinski definition) is 3. The van der Waals surface area contributed by atoms with Gasteiger partial charge in [0.25, 0.3) is 0 Å². The topological polar surface area (TPSA) is 62.1 Å². The van der Waals surface area contributed by atoms with Crippen LogP contribution in [0.25, 0.3) is 0 Å². The van der Waals surface area contributed by atoms with Crippen LogP contribution < -0.4 is 10.1 Å². The Bertz CT molecular complexity index is 382. The fourth-order valence-electron chi connectivity index (χ4n) is 1.12. The van der Waals surface area contributed by atoms with Crippen LogP contribution in [-0.2, 0) is 4.79 Å². The summed E-state index contributed by atoms with van der Waals surface area (Å²) in [5, 5.41) is 11.0. The van der Waals surface area contributed by atoms with Crippen molar-refractivity contribution in [1.29, 1.82) is 5.26 Å². The SMILES string of the molecule is CCOc1ccccc1NC(=O)CC#N. The van der Waals surface area contributed by atoms with Crippen molar-refractivity contribution in [3.8, 4) is 11.8 Å². The number of anilines is 1. The largest absolute Gasteiger partial charge is 0.492 e. The smallest absolute Gasteiger partial charge is 0.238 e. The second kappa shape index (κ2) is 5.66. The minimum atomic E-state index is -0.329. The highest BCUT2D eigenvalue weighted by Gasteiger charge is 2.05. The van der Waals surface area contributed by atoms with E-state index in [1.54, 1.807) is 24.3 Å². The summed E-state index contributed by atoms with van der Waals surface area (Å²) < 4.78 is 5.32. The predicted octanol–water partition coefficient (Wildman–Crippen LogP) is 1.94. The molecule has 0 bridgehead atoms. The first-order valence-corrected chi connectivity index (χ1v) is 4.66. The number of nitrogens with one attached hydrogen (secondary N) is 1. The lowest BCUT2D eigenvalue weighted by atomic mass is 10.3. The Kier molecular flexibility index (Phi) is 4.17. The monoisotopic (exact) mass is 204 g/mol. The fraction of sp³-hybridized carbons (Fsp3) is 0.273.